The lowest BCUT2D eigenvalue weighted by molar-refractivity contribution is -0.119. The van der Waals surface area contributed by atoms with Gasteiger partial charge in [0.15, 0.2) is 12.3 Å². The molecule has 0 aliphatic rings. The van der Waals surface area contributed by atoms with Crippen LogP contribution in [0, 0.1) is 6.92 Å². The number of fused-ring (bicyclic) bond motifs is 1. The molecule has 1 aromatic carbocycles. The Kier molecular flexibility index (Phi) is 4.48. The van der Waals surface area contributed by atoms with Crippen molar-refractivity contribution in [1.29, 1.82) is 0 Å². The highest BCUT2D eigenvalue weighted by Gasteiger charge is 2.14. The summed E-state index contributed by atoms with van der Waals surface area (Å²) in [7, 11) is 0. The molecular weight excluding hydrogens is 330 g/mol. The number of halogens is 1. The summed E-state index contributed by atoms with van der Waals surface area (Å²) in [6, 6.07) is 10.6. The number of esters is 1. The number of hydrogen-bond acceptors (Lipinski definition) is 4. The zero-order chi connectivity index (χ0) is 17.1. The van der Waals surface area contributed by atoms with Crippen LogP contribution in [0.25, 0.3) is 5.65 Å². The molecule has 0 spiro atoms. The Morgan fingerprint density at radius 3 is 2.88 bits per heavy atom. The highest BCUT2D eigenvalue weighted by atomic mass is 35.5. The fourth-order valence-electron chi connectivity index (χ4n) is 2.11. The smallest absolute Gasteiger partial charge is 0.359 e. The van der Waals surface area contributed by atoms with Gasteiger partial charge >= 0.3 is 5.97 Å². The molecule has 0 unspecified atom stereocenters. The van der Waals surface area contributed by atoms with E-state index < -0.39 is 18.5 Å². The fourth-order valence-corrected chi connectivity index (χ4v) is 2.29. The summed E-state index contributed by atoms with van der Waals surface area (Å²) in [5.41, 5.74) is 2.22. The fraction of sp³-hybridized carbons (Fsp3) is 0.118. The predicted octanol–water partition coefficient (Wildman–Crippen LogP) is 3.09. The van der Waals surface area contributed by atoms with Crippen LogP contribution in [-0.2, 0) is 9.53 Å². The third-order valence-electron chi connectivity index (χ3n) is 3.36. The lowest BCUT2D eigenvalue weighted by atomic mass is 10.2. The highest BCUT2D eigenvalue weighted by Crippen LogP contribution is 2.19. The molecular formula is C17H14ClN3O3. The Morgan fingerprint density at radius 1 is 1.29 bits per heavy atom. The van der Waals surface area contributed by atoms with Gasteiger partial charge in [0.25, 0.3) is 5.91 Å². The molecule has 0 fully saturated rings. The summed E-state index contributed by atoms with van der Waals surface area (Å²) >= 11 is 6.00. The molecule has 0 radical (unpaired) electrons. The van der Waals surface area contributed by atoms with Crippen molar-refractivity contribution in [2.45, 2.75) is 6.92 Å². The maximum absolute atomic E-state index is 12.0. The molecule has 0 atom stereocenters. The van der Waals surface area contributed by atoms with Gasteiger partial charge in [-0.3, -0.25) is 4.79 Å². The van der Waals surface area contributed by atoms with Crippen LogP contribution in [0.15, 0.2) is 48.8 Å². The van der Waals surface area contributed by atoms with E-state index in [9.17, 15) is 9.59 Å². The summed E-state index contributed by atoms with van der Waals surface area (Å²) in [5.74, 6) is -1.11. The second-order valence-electron chi connectivity index (χ2n) is 5.18. The van der Waals surface area contributed by atoms with Crippen LogP contribution in [-0.4, -0.2) is 27.9 Å². The Morgan fingerprint density at radius 2 is 2.12 bits per heavy atom. The van der Waals surface area contributed by atoms with E-state index in [0.29, 0.717) is 16.4 Å². The van der Waals surface area contributed by atoms with E-state index >= 15 is 0 Å². The first-order valence-electron chi connectivity index (χ1n) is 7.20. The maximum Gasteiger partial charge on any atom is 0.359 e. The van der Waals surface area contributed by atoms with E-state index in [0.717, 1.165) is 5.56 Å². The monoisotopic (exact) mass is 343 g/mol. The van der Waals surface area contributed by atoms with Crippen LogP contribution in [0.5, 0.6) is 0 Å². The molecule has 122 valence electrons. The average molecular weight is 344 g/mol. The topological polar surface area (TPSA) is 72.7 Å². The minimum absolute atomic E-state index is 0.146. The van der Waals surface area contributed by atoms with E-state index in [4.69, 9.17) is 16.3 Å². The van der Waals surface area contributed by atoms with E-state index in [2.05, 4.69) is 10.3 Å². The summed E-state index contributed by atoms with van der Waals surface area (Å²) in [4.78, 5) is 28.0. The van der Waals surface area contributed by atoms with Gasteiger partial charge in [-0.05, 0) is 36.8 Å². The lowest BCUT2D eigenvalue weighted by Crippen LogP contribution is -2.21. The van der Waals surface area contributed by atoms with Gasteiger partial charge in [-0.2, -0.15) is 0 Å². The molecule has 3 aromatic rings. The zero-order valence-electron chi connectivity index (χ0n) is 12.8. The summed E-state index contributed by atoms with van der Waals surface area (Å²) in [6.45, 7) is 1.46. The van der Waals surface area contributed by atoms with Gasteiger partial charge in [0.1, 0.15) is 5.65 Å². The van der Waals surface area contributed by atoms with Crippen molar-refractivity contribution in [2.75, 3.05) is 11.9 Å². The molecule has 1 amide bonds. The lowest BCUT2D eigenvalue weighted by Gasteiger charge is -2.07. The number of carbonyl (C=O) groups excluding carboxylic acids is 2. The van der Waals surface area contributed by atoms with E-state index in [1.54, 1.807) is 41.1 Å². The Balaban J connectivity index is 1.59. The number of aryl methyl sites for hydroxylation is 1. The zero-order valence-corrected chi connectivity index (χ0v) is 13.6. The largest absolute Gasteiger partial charge is 0.451 e. The Bertz CT molecular complexity index is 887. The second-order valence-corrected chi connectivity index (χ2v) is 5.59. The molecule has 0 saturated heterocycles. The van der Waals surface area contributed by atoms with Gasteiger partial charge in [0.2, 0.25) is 0 Å². The predicted molar refractivity (Wildman–Crippen MR) is 90.3 cm³/mol. The molecule has 0 saturated carbocycles. The third kappa shape index (κ3) is 3.55. The average Bonchev–Trinajstić information content (AvgIpc) is 3.00. The van der Waals surface area contributed by atoms with Crippen molar-refractivity contribution in [2.24, 2.45) is 0 Å². The molecule has 3 rings (SSSR count). The number of ether oxygens (including phenoxy) is 1. The first kappa shape index (κ1) is 16.0. The number of carbonyl (C=O) groups is 2. The molecule has 2 heterocycles. The van der Waals surface area contributed by atoms with Gasteiger partial charge in [0, 0.05) is 23.1 Å². The van der Waals surface area contributed by atoms with Crippen LogP contribution < -0.4 is 5.32 Å². The SMILES string of the molecule is Cc1ccc(NC(=O)COC(=O)c2cn3ccccc3n2)cc1Cl. The van der Waals surface area contributed by atoms with Gasteiger partial charge < -0.3 is 14.5 Å². The van der Waals surface area contributed by atoms with Gasteiger partial charge in [0.05, 0.1) is 0 Å². The van der Waals surface area contributed by atoms with Gasteiger partial charge in [-0.1, -0.05) is 23.7 Å². The van der Waals surface area contributed by atoms with Crippen molar-refractivity contribution >= 4 is 34.8 Å². The van der Waals surface area contributed by atoms with Crippen LogP contribution in [0.1, 0.15) is 16.1 Å². The molecule has 0 aliphatic carbocycles. The molecule has 7 heteroatoms. The first-order valence-corrected chi connectivity index (χ1v) is 7.57. The molecule has 24 heavy (non-hydrogen) atoms. The van der Waals surface area contributed by atoms with Gasteiger partial charge in [-0.25, -0.2) is 9.78 Å². The summed E-state index contributed by atoms with van der Waals surface area (Å²) < 4.78 is 6.69. The number of amides is 1. The number of pyridine rings is 1. The van der Waals surface area contributed by atoms with E-state index in [1.165, 1.54) is 0 Å². The second kappa shape index (κ2) is 6.72. The van der Waals surface area contributed by atoms with Gasteiger partial charge in [-0.15, -0.1) is 0 Å². The van der Waals surface area contributed by atoms with Crippen molar-refractivity contribution in [3.63, 3.8) is 0 Å². The third-order valence-corrected chi connectivity index (χ3v) is 3.77. The van der Waals surface area contributed by atoms with Crippen LogP contribution in [0.3, 0.4) is 0 Å². The molecule has 6 nitrogen and oxygen atoms in total. The maximum atomic E-state index is 12.0. The van der Waals surface area contributed by atoms with Crippen molar-refractivity contribution in [3.8, 4) is 0 Å². The summed E-state index contributed by atoms with van der Waals surface area (Å²) in [6.07, 6.45) is 3.32. The van der Waals surface area contributed by atoms with Crippen molar-refractivity contribution in [3.05, 3.63) is 65.1 Å². The van der Waals surface area contributed by atoms with E-state index in [-0.39, 0.29) is 5.69 Å². The quantitative estimate of drug-likeness (QED) is 0.739. The number of hydrogen-bond donors (Lipinski definition) is 1. The first-order chi connectivity index (χ1) is 11.5. The standard InChI is InChI=1S/C17H14ClN3O3/c1-11-5-6-12(8-13(11)18)19-16(22)10-24-17(23)14-9-21-7-3-2-4-15(21)20-14/h2-9H,10H2,1H3,(H,19,22). The number of nitrogens with one attached hydrogen (secondary N) is 1. The minimum atomic E-state index is -0.657. The molecule has 1 N–H and O–H groups in total. The Hall–Kier alpha value is -2.86. The summed E-state index contributed by atoms with van der Waals surface area (Å²) in [5, 5.41) is 3.17. The normalized spacial score (nSPS) is 10.6. The molecule has 0 bridgehead atoms. The van der Waals surface area contributed by atoms with Crippen molar-refractivity contribution < 1.29 is 14.3 Å². The number of nitrogens with zero attached hydrogens (tertiary/aromatic N) is 2. The van der Waals surface area contributed by atoms with Crippen LogP contribution in [0.4, 0.5) is 5.69 Å². The minimum Gasteiger partial charge on any atom is -0.451 e. The Labute approximate surface area is 143 Å². The van der Waals surface area contributed by atoms with E-state index in [1.807, 2.05) is 19.1 Å². The number of benzene rings is 1. The number of rotatable bonds is 4. The molecule has 0 aliphatic heterocycles. The number of anilines is 1. The van der Waals surface area contributed by atoms with Crippen LogP contribution in [0.2, 0.25) is 5.02 Å². The highest BCUT2D eigenvalue weighted by molar-refractivity contribution is 6.31. The number of imidazole rings is 1. The van der Waals surface area contributed by atoms with Crippen molar-refractivity contribution in [1.82, 2.24) is 9.38 Å². The molecule has 2 aromatic heterocycles. The van der Waals surface area contributed by atoms with Crippen LogP contribution >= 0.6 is 11.6 Å². The number of aromatic nitrogens is 2.